The van der Waals surface area contributed by atoms with Gasteiger partial charge in [0.25, 0.3) is 22.7 Å². The van der Waals surface area contributed by atoms with Crippen LogP contribution in [0.4, 0.5) is 39.8 Å². The van der Waals surface area contributed by atoms with Crippen LogP contribution < -0.4 is 17.2 Å². The van der Waals surface area contributed by atoms with Crippen molar-refractivity contribution in [1.29, 1.82) is 0 Å². The Hall–Kier alpha value is -8.59. The summed E-state index contributed by atoms with van der Waals surface area (Å²) in [5.41, 5.74) is 22.6. The lowest BCUT2D eigenvalue weighted by Crippen LogP contribution is -1.94. The summed E-state index contributed by atoms with van der Waals surface area (Å²) in [6.45, 7) is 1.69. The molecule has 0 aliphatic heterocycles. The number of benzene rings is 6. The molecule has 0 bridgehead atoms. The molecular weight excluding hydrogens is 1130 g/mol. The number of halogens is 6. The average Bonchev–Trinajstić information content (AvgIpc) is 4.20. The summed E-state index contributed by atoms with van der Waals surface area (Å²) >= 11 is 34.4. The van der Waals surface area contributed by atoms with Crippen molar-refractivity contribution >= 4 is 164 Å². The smallest absolute Gasteiger partial charge is 0.288 e. The molecule has 0 aliphatic carbocycles. The predicted molar refractivity (Wildman–Crippen MR) is 300 cm³/mol. The van der Waals surface area contributed by atoms with Crippen molar-refractivity contribution in [2.24, 2.45) is 28.2 Å². The van der Waals surface area contributed by atoms with E-state index in [2.05, 4.69) is 30.6 Å². The van der Waals surface area contributed by atoms with Crippen molar-refractivity contribution in [3.63, 3.8) is 0 Å². The maximum Gasteiger partial charge on any atom is 0.288 e. The van der Waals surface area contributed by atoms with Crippen molar-refractivity contribution < 1.29 is 19.7 Å². The van der Waals surface area contributed by atoms with E-state index in [0.29, 0.717) is 59.9 Å². The van der Waals surface area contributed by atoms with Crippen LogP contribution in [-0.4, -0.2) is 69.0 Å². The lowest BCUT2D eigenvalue weighted by Gasteiger charge is -2.00. The maximum absolute atomic E-state index is 10.6. The van der Waals surface area contributed by atoms with Crippen molar-refractivity contribution in [2.75, 3.05) is 17.2 Å². The Morgan fingerprint density at radius 3 is 1.35 bits per heavy atom. The first kappa shape index (κ1) is 57.7. The van der Waals surface area contributed by atoms with Crippen LogP contribution >= 0.6 is 69.6 Å². The molecule has 5 heterocycles. The van der Waals surface area contributed by atoms with Gasteiger partial charge >= 0.3 is 0 Å². The molecule has 0 saturated carbocycles. The first-order valence-corrected chi connectivity index (χ1v) is 23.7. The van der Waals surface area contributed by atoms with E-state index in [1.807, 2.05) is 38.5 Å². The molecule has 0 aliphatic rings. The number of nitro groups is 4. The molecule has 0 radical (unpaired) electrons. The van der Waals surface area contributed by atoms with E-state index < -0.39 is 19.7 Å². The molecule has 11 rings (SSSR count). The molecule has 398 valence electrons. The Kier molecular flexibility index (Phi) is 18.3. The van der Waals surface area contributed by atoms with Crippen LogP contribution in [0.1, 0.15) is 5.56 Å². The SMILES string of the molecule is Cc1cc([N+](=O)[O-])c(Cl)cc1N.Cn1cc2cc(N)c(Cl)cc2n1.Cn1cc2cc([N+](=O)[O-])c(Cl)cc2n1.Cn1ncc2cc(N)c(Cl)cc21.Cn1ncc2cc([N+](=O)[O-])c(Cl)cc21.O=[N+]([O-])c1cc2cn[nH]c2cc1Cl. The van der Waals surface area contributed by atoms with Crippen LogP contribution in [0.2, 0.25) is 30.1 Å². The van der Waals surface area contributed by atoms with Gasteiger partial charge in [0.1, 0.15) is 20.1 Å². The summed E-state index contributed by atoms with van der Waals surface area (Å²) in [4.78, 5) is 39.9. The van der Waals surface area contributed by atoms with Crippen LogP contribution in [0.15, 0.2) is 104 Å². The van der Waals surface area contributed by atoms with E-state index in [-0.39, 0.29) is 42.8 Å². The van der Waals surface area contributed by atoms with Gasteiger partial charge in [0.15, 0.2) is 0 Å². The van der Waals surface area contributed by atoms with Gasteiger partial charge in [0.2, 0.25) is 0 Å². The first-order chi connectivity index (χ1) is 36.2. The Morgan fingerprint density at radius 2 is 0.831 bits per heavy atom. The number of H-pyrrole nitrogens is 1. The largest absolute Gasteiger partial charge is 0.398 e. The van der Waals surface area contributed by atoms with Gasteiger partial charge in [-0.15, -0.1) is 0 Å². The van der Waals surface area contributed by atoms with E-state index in [0.717, 1.165) is 27.3 Å². The van der Waals surface area contributed by atoms with Crippen molar-refractivity contribution in [3.05, 3.63) is 180 Å². The number of hydrogen-bond acceptors (Lipinski definition) is 16. The summed E-state index contributed by atoms with van der Waals surface area (Å²) < 4.78 is 6.71. The lowest BCUT2D eigenvalue weighted by molar-refractivity contribution is -0.384. The second kappa shape index (κ2) is 24.4. The third-order valence-corrected chi connectivity index (χ3v) is 12.6. The number of fused-ring (bicyclic) bond motifs is 5. The lowest BCUT2D eigenvalue weighted by atomic mass is 10.2. The minimum Gasteiger partial charge on any atom is -0.398 e. The Bertz CT molecular complexity index is 3990. The van der Waals surface area contributed by atoms with Gasteiger partial charge in [-0.3, -0.25) is 64.3 Å². The number of aromatic amines is 1. The quantitative estimate of drug-likeness (QED) is 0.0722. The molecule has 0 atom stereocenters. The molecule has 0 spiro atoms. The molecule has 0 amide bonds. The van der Waals surface area contributed by atoms with Gasteiger partial charge in [0, 0.05) is 97.5 Å². The second-order valence-electron chi connectivity index (χ2n) is 16.2. The molecule has 31 heteroatoms. The normalized spacial score (nSPS) is 10.6. The van der Waals surface area contributed by atoms with Crippen LogP contribution in [0, 0.1) is 47.4 Å². The van der Waals surface area contributed by atoms with Crippen LogP contribution in [0.3, 0.4) is 0 Å². The van der Waals surface area contributed by atoms with Gasteiger partial charge in [0.05, 0.1) is 87.3 Å². The Labute approximate surface area is 462 Å². The molecule has 5 aromatic heterocycles. The number of nitrogens with zero attached hydrogens (tertiary/aromatic N) is 13. The topological polar surface area (TPSA) is 351 Å². The summed E-state index contributed by atoms with van der Waals surface area (Å²) in [6.07, 6.45) is 8.46. The zero-order chi connectivity index (χ0) is 56.7. The maximum atomic E-state index is 10.6. The third-order valence-electron chi connectivity index (χ3n) is 10.7. The fourth-order valence-corrected chi connectivity index (χ4v) is 8.14. The van der Waals surface area contributed by atoms with Gasteiger partial charge in [-0.05, 0) is 61.0 Å². The van der Waals surface area contributed by atoms with E-state index in [1.165, 1.54) is 48.7 Å². The highest BCUT2D eigenvalue weighted by molar-refractivity contribution is 6.35. The number of aryl methyl sites for hydroxylation is 5. The summed E-state index contributed by atoms with van der Waals surface area (Å²) in [5.74, 6) is 0. The minimum atomic E-state index is -0.533. The molecule has 25 nitrogen and oxygen atoms in total. The number of nitrogens with one attached hydrogen (secondary N) is 1. The second-order valence-corrected chi connectivity index (χ2v) is 18.6. The molecule has 0 unspecified atom stereocenters. The number of hydrogen-bond donors (Lipinski definition) is 4. The molecule has 6 aromatic carbocycles. The van der Waals surface area contributed by atoms with Crippen molar-refractivity contribution in [3.8, 4) is 0 Å². The highest BCUT2D eigenvalue weighted by Gasteiger charge is 2.17. The van der Waals surface area contributed by atoms with Gasteiger partial charge in [-0.1, -0.05) is 69.6 Å². The van der Waals surface area contributed by atoms with Gasteiger partial charge < -0.3 is 17.2 Å². The van der Waals surface area contributed by atoms with E-state index in [1.54, 1.807) is 70.5 Å². The Morgan fingerprint density at radius 1 is 0.455 bits per heavy atom. The fraction of sp³-hybridized carbons (Fsp3) is 0.109. The molecular formula is C46H39Cl6N17O8. The van der Waals surface area contributed by atoms with E-state index in [9.17, 15) is 40.5 Å². The van der Waals surface area contributed by atoms with Gasteiger partial charge in [-0.25, -0.2) is 0 Å². The minimum absolute atomic E-state index is 0.0723. The molecule has 0 saturated heterocycles. The number of nitrogens with two attached hydrogens (primary N) is 3. The first-order valence-electron chi connectivity index (χ1n) is 21.5. The zero-order valence-corrected chi connectivity index (χ0v) is 44.9. The van der Waals surface area contributed by atoms with E-state index >= 15 is 0 Å². The van der Waals surface area contributed by atoms with Crippen LogP contribution in [0.5, 0.6) is 0 Å². The summed E-state index contributed by atoms with van der Waals surface area (Å²) in [6, 6.07) is 18.7. The molecule has 11 aromatic rings. The van der Waals surface area contributed by atoms with Crippen LogP contribution in [-0.2, 0) is 28.2 Å². The molecule has 77 heavy (non-hydrogen) atoms. The number of nitrogen functional groups attached to an aromatic ring is 3. The number of rotatable bonds is 4. The highest BCUT2D eigenvalue weighted by atomic mass is 35.5. The zero-order valence-electron chi connectivity index (χ0n) is 40.4. The highest BCUT2D eigenvalue weighted by Crippen LogP contribution is 2.33. The van der Waals surface area contributed by atoms with Crippen molar-refractivity contribution in [1.82, 2.24) is 49.3 Å². The van der Waals surface area contributed by atoms with Crippen LogP contribution in [0.25, 0.3) is 54.5 Å². The number of anilines is 3. The Balaban J connectivity index is 0.000000150. The van der Waals surface area contributed by atoms with E-state index in [4.69, 9.17) is 86.8 Å². The number of nitro benzene ring substituents is 4. The predicted octanol–water partition coefficient (Wildman–Crippen LogP) is 12.2. The summed E-state index contributed by atoms with van der Waals surface area (Å²) in [5, 5.41) is 70.4. The third kappa shape index (κ3) is 14.0. The van der Waals surface area contributed by atoms with Gasteiger partial charge in [-0.2, -0.15) is 25.5 Å². The average molecular weight is 1170 g/mol. The summed E-state index contributed by atoms with van der Waals surface area (Å²) in [7, 11) is 7.24. The fourth-order valence-electron chi connectivity index (χ4n) is 6.89. The molecule has 7 N–H and O–H groups in total. The monoisotopic (exact) mass is 1170 g/mol. The van der Waals surface area contributed by atoms with Crippen molar-refractivity contribution in [2.45, 2.75) is 6.92 Å². The standard InChI is InChI=1S/2C8H6ClN3O2.2C8H8ClN3.C7H4ClN3O2.C7H7ClN2O2/c1-11-4-5-2-8(12(13)14)6(9)3-7(5)10-11;1-11-7-3-6(9)8(12(13)14)2-5(7)4-10-11;1-12-4-5-2-7(10)6(9)3-8(5)11-12;1-12-8-3-6(9)7(10)2-5(8)4-11-12;8-5-2-6-4(3-9-10-6)1-7(5)11(12)13;1-4-2-7(10(11)12)5(8)3-6(4)9/h2*2-4H,1H3;2*2-4H,10H2,1H3;1-3H,(H,9,10);2-3H,9H2,1H3. The molecule has 0 fully saturated rings. The number of aromatic nitrogens is 10.